The Morgan fingerprint density at radius 1 is 1.33 bits per heavy atom. The molecule has 0 aromatic heterocycles. The quantitative estimate of drug-likeness (QED) is 0.778. The third kappa shape index (κ3) is 2.57. The maximum Gasteiger partial charge on any atom is 0.269 e. The second-order valence-electron chi connectivity index (χ2n) is 4.14. The summed E-state index contributed by atoms with van der Waals surface area (Å²) in [5.74, 6) is -0.0236. The number of nitrogens with zero attached hydrogens (tertiary/aromatic N) is 2. The van der Waals surface area contributed by atoms with Crippen molar-refractivity contribution in [1.82, 2.24) is 4.90 Å². The first-order chi connectivity index (χ1) is 8.49. The summed E-state index contributed by atoms with van der Waals surface area (Å²) in [4.78, 5) is 15.7. The average molecular weight is 285 g/mol. The highest BCUT2D eigenvalue weighted by Gasteiger charge is 2.33. The number of benzene rings is 1. The van der Waals surface area contributed by atoms with Crippen molar-refractivity contribution in [2.75, 3.05) is 24.9 Å². The van der Waals surface area contributed by atoms with Gasteiger partial charge in [0.25, 0.3) is 5.91 Å². The lowest BCUT2D eigenvalue weighted by Crippen LogP contribution is -2.24. The fourth-order valence-electron chi connectivity index (χ4n) is 1.64. The minimum absolute atomic E-state index is 0.195. The van der Waals surface area contributed by atoms with Crippen LogP contribution in [0.4, 0.5) is 5.69 Å². The van der Waals surface area contributed by atoms with Gasteiger partial charge in [0.15, 0.2) is 0 Å². The molecule has 0 N–H and O–H groups in total. The molecule has 1 aromatic rings. The van der Waals surface area contributed by atoms with Gasteiger partial charge in [0.05, 0.1) is 10.8 Å². The first-order valence-corrected chi connectivity index (χ1v) is 7.03. The number of hydrogen-bond acceptors (Lipinski definition) is 3. The topological polar surface area (TPSA) is 40.6 Å². The summed E-state index contributed by atoms with van der Waals surface area (Å²) in [6.07, 6.45) is 1.61. The Morgan fingerprint density at radius 3 is 2.50 bits per heavy atom. The van der Waals surface area contributed by atoms with E-state index in [4.69, 9.17) is 11.6 Å². The van der Waals surface area contributed by atoms with E-state index in [-0.39, 0.29) is 11.8 Å². The first kappa shape index (κ1) is 13.1. The van der Waals surface area contributed by atoms with Crippen molar-refractivity contribution in [2.45, 2.75) is 0 Å². The molecule has 0 bridgehead atoms. The summed E-state index contributed by atoms with van der Waals surface area (Å²) in [6.45, 7) is 0. The summed E-state index contributed by atoms with van der Waals surface area (Å²) in [5.41, 5.74) is 0.708. The predicted molar refractivity (Wildman–Crippen MR) is 73.7 cm³/mol. The number of carbonyl (C=O) groups excluding carboxylic acids is 1. The van der Waals surface area contributed by atoms with Crippen LogP contribution in [0.1, 0.15) is 0 Å². The van der Waals surface area contributed by atoms with Gasteiger partial charge in [0.1, 0.15) is 10.8 Å². The van der Waals surface area contributed by atoms with E-state index >= 15 is 0 Å². The molecule has 1 amide bonds. The van der Waals surface area contributed by atoms with E-state index in [1.807, 2.05) is 0 Å². The van der Waals surface area contributed by atoms with Crippen LogP contribution in [0.2, 0.25) is 5.02 Å². The van der Waals surface area contributed by atoms with Crippen LogP contribution in [-0.2, 0) is 15.6 Å². The fraction of sp³-hybridized carbons (Fsp3) is 0.250. The van der Waals surface area contributed by atoms with Gasteiger partial charge < -0.3 is 4.90 Å². The van der Waals surface area contributed by atoms with Crippen LogP contribution in [-0.4, -0.2) is 35.0 Å². The van der Waals surface area contributed by atoms with Gasteiger partial charge in [-0.25, -0.2) is 0 Å². The number of rotatable bonds is 2. The van der Waals surface area contributed by atoms with Crippen LogP contribution in [0.25, 0.3) is 0 Å². The SMILES string of the molecule is CN(C)/C=C1\C(=O)N(c2ccc(Cl)cc2)C[S@]1=O. The van der Waals surface area contributed by atoms with Gasteiger partial charge in [-0.2, -0.15) is 0 Å². The lowest BCUT2D eigenvalue weighted by molar-refractivity contribution is -0.114. The van der Waals surface area contributed by atoms with Crippen molar-refractivity contribution in [3.8, 4) is 0 Å². The van der Waals surface area contributed by atoms with Crippen LogP contribution >= 0.6 is 11.6 Å². The monoisotopic (exact) mass is 284 g/mol. The molecule has 4 nitrogen and oxygen atoms in total. The summed E-state index contributed by atoms with van der Waals surface area (Å²) < 4.78 is 11.9. The molecule has 0 aliphatic carbocycles. The molecule has 1 atom stereocenters. The maximum atomic E-state index is 12.1. The molecule has 1 aliphatic rings. The Balaban J connectivity index is 2.31. The van der Waals surface area contributed by atoms with E-state index in [0.29, 0.717) is 15.6 Å². The van der Waals surface area contributed by atoms with Crippen molar-refractivity contribution < 1.29 is 9.00 Å². The van der Waals surface area contributed by atoms with Crippen LogP contribution in [0, 0.1) is 0 Å². The maximum absolute atomic E-state index is 12.1. The molecule has 1 aromatic carbocycles. The largest absolute Gasteiger partial charge is 0.382 e. The second-order valence-corrected chi connectivity index (χ2v) is 5.97. The van der Waals surface area contributed by atoms with E-state index in [0.717, 1.165) is 0 Å². The van der Waals surface area contributed by atoms with Gasteiger partial charge in [-0.05, 0) is 24.3 Å². The first-order valence-electron chi connectivity index (χ1n) is 5.33. The van der Waals surface area contributed by atoms with Crippen LogP contribution in [0.5, 0.6) is 0 Å². The zero-order chi connectivity index (χ0) is 13.3. The fourth-order valence-corrected chi connectivity index (χ4v) is 3.04. The summed E-state index contributed by atoms with van der Waals surface area (Å²) in [5, 5.41) is 0.607. The molecular weight excluding hydrogens is 272 g/mol. The molecule has 0 unspecified atom stereocenters. The number of hydrogen-bond donors (Lipinski definition) is 0. The van der Waals surface area contributed by atoms with Gasteiger partial charge in [-0.15, -0.1) is 0 Å². The van der Waals surface area contributed by atoms with Crippen molar-refractivity contribution in [3.05, 3.63) is 40.4 Å². The molecule has 0 saturated carbocycles. The Morgan fingerprint density at radius 2 is 1.94 bits per heavy atom. The van der Waals surface area contributed by atoms with Crippen molar-refractivity contribution in [2.24, 2.45) is 0 Å². The van der Waals surface area contributed by atoms with Crippen LogP contribution < -0.4 is 4.90 Å². The average Bonchev–Trinajstić information content (AvgIpc) is 2.58. The van der Waals surface area contributed by atoms with E-state index < -0.39 is 10.8 Å². The zero-order valence-electron chi connectivity index (χ0n) is 10.1. The molecular formula is C12H13ClN2O2S. The van der Waals surface area contributed by atoms with Crippen LogP contribution in [0.3, 0.4) is 0 Å². The number of carbonyl (C=O) groups is 1. The molecule has 1 aliphatic heterocycles. The minimum atomic E-state index is -1.28. The van der Waals surface area contributed by atoms with E-state index in [1.54, 1.807) is 49.5 Å². The molecule has 0 spiro atoms. The Kier molecular flexibility index (Phi) is 3.73. The molecule has 1 fully saturated rings. The second kappa shape index (κ2) is 5.12. The number of anilines is 1. The molecule has 2 rings (SSSR count). The Labute approximate surface area is 113 Å². The van der Waals surface area contributed by atoms with Crippen molar-refractivity contribution in [1.29, 1.82) is 0 Å². The lowest BCUT2D eigenvalue weighted by Gasteiger charge is -2.13. The van der Waals surface area contributed by atoms with Gasteiger partial charge >= 0.3 is 0 Å². The standard InChI is InChI=1S/C12H13ClN2O2S/c1-14(2)7-11-12(16)15(8-18(11)17)10-5-3-9(13)4-6-10/h3-7H,8H2,1-2H3/b11-7+/t18-/m1/s1. The molecule has 18 heavy (non-hydrogen) atoms. The third-order valence-corrected chi connectivity index (χ3v) is 3.98. The van der Waals surface area contributed by atoms with Gasteiger partial charge in [0, 0.05) is 31.0 Å². The smallest absolute Gasteiger partial charge is 0.269 e. The highest BCUT2D eigenvalue weighted by Crippen LogP contribution is 2.26. The molecule has 96 valence electrons. The van der Waals surface area contributed by atoms with E-state index in [2.05, 4.69) is 0 Å². The third-order valence-electron chi connectivity index (χ3n) is 2.46. The molecule has 1 saturated heterocycles. The van der Waals surface area contributed by atoms with Gasteiger partial charge in [-0.3, -0.25) is 13.9 Å². The van der Waals surface area contributed by atoms with Gasteiger partial charge in [-0.1, -0.05) is 11.6 Å². The molecule has 0 radical (unpaired) electrons. The highest BCUT2D eigenvalue weighted by atomic mass is 35.5. The molecule has 1 heterocycles. The number of amides is 1. The van der Waals surface area contributed by atoms with Crippen LogP contribution in [0.15, 0.2) is 35.4 Å². The summed E-state index contributed by atoms with van der Waals surface area (Å²) in [6, 6.07) is 6.91. The predicted octanol–water partition coefficient (Wildman–Crippen LogP) is 1.80. The lowest BCUT2D eigenvalue weighted by atomic mass is 10.3. The minimum Gasteiger partial charge on any atom is -0.382 e. The van der Waals surface area contributed by atoms with Gasteiger partial charge in [0.2, 0.25) is 0 Å². The normalized spacial score (nSPS) is 21.7. The summed E-state index contributed by atoms with van der Waals surface area (Å²) in [7, 11) is 2.30. The van der Waals surface area contributed by atoms with E-state index in [1.165, 1.54) is 4.90 Å². The Bertz CT molecular complexity index is 525. The highest BCUT2D eigenvalue weighted by molar-refractivity contribution is 7.90. The number of halogens is 1. The Hall–Kier alpha value is -1.33. The van der Waals surface area contributed by atoms with Crippen molar-refractivity contribution in [3.63, 3.8) is 0 Å². The zero-order valence-corrected chi connectivity index (χ0v) is 11.7. The van der Waals surface area contributed by atoms with E-state index in [9.17, 15) is 9.00 Å². The summed E-state index contributed by atoms with van der Waals surface area (Å²) >= 11 is 5.80. The van der Waals surface area contributed by atoms with Crippen molar-refractivity contribution >= 4 is 34.0 Å². The molecule has 6 heteroatoms.